The van der Waals surface area contributed by atoms with Crippen LogP contribution in [-0.4, -0.2) is 59.3 Å². The van der Waals surface area contributed by atoms with Gasteiger partial charge in [0.2, 0.25) is 0 Å². The summed E-state index contributed by atoms with van der Waals surface area (Å²) in [5.41, 5.74) is 2.57. The summed E-state index contributed by atoms with van der Waals surface area (Å²) in [7, 11) is 1.62. The lowest BCUT2D eigenvalue weighted by Gasteiger charge is -2.19. The molecule has 0 radical (unpaired) electrons. The second kappa shape index (κ2) is 2.77. The molecule has 2 fully saturated rings. The third-order valence-corrected chi connectivity index (χ3v) is 2.69. The van der Waals surface area contributed by atoms with Crippen molar-refractivity contribution in [1.29, 1.82) is 0 Å². The van der Waals surface area contributed by atoms with Crippen molar-refractivity contribution in [1.82, 2.24) is 15.3 Å². The summed E-state index contributed by atoms with van der Waals surface area (Å²) >= 11 is 0. The molecule has 2 rings (SSSR count). The zero-order valence-corrected chi connectivity index (χ0v) is 7.57. The third kappa shape index (κ3) is 1.24. The number of hydrogen-bond acceptors (Lipinski definition) is 3. The van der Waals surface area contributed by atoms with Gasteiger partial charge in [0.25, 0.3) is 5.92 Å². The largest absolute Gasteiger partial charge is 0.465 e. The minimum absolute atomic E-state index is 0.298. The number of alkyl halides is 2. The SMILES string of the molecule is CN1CC2C(N1)C(F)(F)CN2C(=O)O. The van der Waals surface area contributed by atoms with Crippen molar-refractivity contribution in [2.75, 3.05) is 20.1 Å². The van der Waals surface area contributed by atoms with E-state index in [1.807, 2.05) is 0 Å². The van der Waals surface area contributed by atoms with E-state index in [2.05, 4.69) is 5.43 Å². The lowest BCUT2D eigenvalue weighted by Crippen LogP contribution is -2.44. The first kappa shape index (κ1) is 9.60. The van der Waals surface area contributed by atoms with Crippen LogP contribution in [0.3, 0.4) is 0 Å². The van der Waals surface area contributed by atoms with Gasteiger partial charge in [-0.1, -0.05) is 0 Å². The van der Waals surface area contributed by atoms with Gasteiger partial charge in [0.15, 0.2) is 0 Å². The Bertz CT molecular complexity index is 274. The van der Waals surface area contributed by atoms with Crippen molar-refractivity contribution in [2.45, 2.75) is 18.0 Å². The van der Waals surface area contributed by atoms with Crippen LogP contribution < -0.4 is 5.43 Å². The molecule has 2 aliphatic rings. The number of amides is 1. The molecule has 2 unspecified atom stereocenters. The average molecular weight is 207 g/mol. The highest BCUT2D eigenvalue weighted by Crippen LogP contribution is 2.35. The van der Waals surface area contributed by atoms with Gasteiger partial charge in [-0.05, 0) is 0 Å². The van der Waals surface area contributed by atoms with Crippen LogP contribution in [0.5, 0.6) is 0 Å². The number of nitrogens with one attached hydrogen (secondary N) is 1. The molecule has 2 aliphatic heterocycles. The Morgan fingerprint density at radius 3 is 2.86 bits per heavy atom. The number of halogens is 2. The van der Waals surface area contributed by atoms with Crippen LogP contribution in [0.15, 0.2) is 0 Å². The molecule has 0 aromatic carbocycles. The molecule has 2 saturated heterocycles. The van der Waals surface area contributed by atoms with Crippen molar-refractivity contribution in [3.05, 3.63) is 0 Å². The predicted molar refractivity (Wildman–Crippen MR) is 43.0 cm³/mol. The molecule has 1 amide bonds. The molecule has 7 heteroatoms. The van der Waals surface area contributed by atoms with Crippen molar-refractivity contribution < 1.29 is 18.7 Å². The Hall–Kier alpha value is -0.950. The highest BCUT2D eigenvalue weighted by molar-refractivity contribution is 5.66. The topological polar surface area (TPSA) is 55.8 Å². The second-order valence-electron chi connectivity index (χ2n) is 3.73. The molecule has 0 bridgehead atoms. The monoisotopic (exact) mass is 207 g/mol. The Morgan fingerprint density at radius 1 is 1.64 bits per heavy atom. The Kier molecular flexibility index (Phi) is 1.90. The summed E-state index contributed by atoms with van der Waals surface area (Å²) in [4.78, 5) is 11.5. The van der Waals surface area contributed by atoms with E-state index in [0.29, 0.717) is 6.54 Å². The predicted octanol–water partition coefficient (Wildman–Crippen LogP) is -0.198. The normalized spacial score (nSPS) is 36.1. The first-order chi connectivity index (χ1) is 6.42. The van der Waals surface area contributed by atoms with Gasteiger partial charge in [-0.15, -0.1) is 0 Å². The molecule has 5 nitrogen and oxygen atoms in total. The van der Waals surface area contributed by atoms with Crippen LogP contribution in [-0.2, 0) is 0 Å². The lowest BCUT2D eigenvalue weighted by molar-refractivity contribution is -0.0203. The molecular weight excluding hydrogens is 196 g/mol. The zero-order chi connectivity index (χ0) is 10.5. The van der Waals surface area contributed by atoms with E-state index in [0.717, 1.165) is 4.90 Å². The van der Waals surface area contributed by atoms with Crippen molar-refractivity contribution in [3.63, 3.8) is 0 Å². The zero-order valence-electron chi connectivity index (χ0n) is 7.57. The molecular formula is C7H11F2N3O2. The van der Waals surface area contributed by atoms with E-state index in [9.17, 15) is 13.6 Å². The molecule has 0 saturated carbocycles. The summed E-state index contributed by atoms with van der Waals surface area (Å²) in [6.45, 7) is -0.412. The number of nitrogens with zero attached hydrogens (tertiary/aromatic N) is 2. The summed E-state index contributed by atoms with van der Waals surface area (Å²) < 4.78 is 26.6. The Labute approximate surface area is 79.2 Å². The van der Waals surface area contributed by atoms with Gasteiger partial charge >= 0.3 is 6.09 Å². The van der Waals surface area contributed by atoms with Crippen molar-refractivity contribution >= 4 is 6.09 Å². The quantitative estimate of drug-likeness (QED) is 0.577. The van der Waals surface area contributed by atoms with Gasteiger partial charge in [0.1, 0.15) is 6.04 Å². The highest BCUT2D eigenvalue weighted by Gasteiger charge is 2.59. The Balaban J connectivity index is 2.23. The van der Waals surface area contributed by atoms with Crippen LogP contribution in [0.4, 0.5) is 13.6 Å². The van der Waals surface area contributed by atoms with Gasteiger partial charge in [-0.2, -0.15) is 0 Å². The standard InChI is InChI=1S/C7H11F2N3O2/c1-11-2-4-5(10-11)7(8,9)3-12(4)6(13)14/h4-5,10H,2-3H2,1H3,(H,13,14). The second-order valence-corrected chi connectivity index (χ2v) is 3.73. The van der Waals surface area contributed by atoms with Gasteiger partial charge in [-0.3, -0.25) is 4.90 Å². The summed E-state index contributed by atoms with van der Waals surface area (Å²) in [5, 5.41) is 10.2. The molecule has 0 aliphatic carbocycles. The van der Waals surface area contributed by atoms with Crippen LogP contribution in [0.1, 0.15) is 0 Å². The number of rotatable bonds is 0. The molecule has 2 N–H and O–H groups in total. The molecule has 0 aromatic heterocycles. The third-order valence-electron chi connectivity index (χ3n) is 2.69. The summed E-state index contributed by atoms with van der Waals surface area (Å²) in [6, 6.07) is -1.73. The van der Waals surface area contributed by atoms with Crippen LogP contribution in [0.25, 0.3) is 0 Å². The maximum Gasteiger partial charge on any atom is 0.407 e. The van der Waals surface area contributed by atoms with Gasteiger partial charge < -0.3 is 5.11 Å². The molecule has 0 aromatic rings. The van der Waals surface area contributed by atoms with E-state index in [1.54, 1.807) is 7.05 Å². The highest BCUT2D eigenvalue weighted by atomic mass is 19.3. The van der Waals surface area contributed by atoms with E-state index in [4.69, 9.17) is 5.11 Å². The molecule has 80 valence electrons. The van der Waals surface area contributed by atoms with Gasteiger partial charge in [-0.25, -0.2) is 24.0 Å². The fourth-order valence-electron chi connectivity index (χ4n) is 2.07. The number of carbonyl (C=O) groups is 1. The van der Waals surface area contributed by atoms with Crippen LogP contribution >= 0.6 is 0 Å². The maximum absolute atomic E-state index is 13.3. The van der Waals surface area contributed by atoms with Gasteiger partial charge in [0, 0.05) is 13.6 Å². The number of carboxylic acid groups (broad SMARTS) is 1. The first-order valence-corrected chi connectivity index (χ1v) is 4.26. The molecule has 14 heavy (non-hydrogen) atoms. The van der Waals surface area contributed by atoms with E-state index in [1.165, 1.54) is 5.01 Å². The maximum atomic E-state index is 13.3. The van der Waals surface area contributed by atoms with Crippen LogP contribution in [0, 0.1) is 0 Å². The van der Waals surface area contributed by atoms with E-state index < -0.39 is 30.6 Å². The number of likely N-dealkylation sites (tertiary alicyclic amines) is 1. The average Bonchev–Trinajstić information content (AvgIpc) is 2.51. The Morgan fingerprint density at radius 2 is 2.29 bits per heavy atom. The molecule has 2 heterocycles. The molecule has 0 spiro atoms. The summed E-state index contributed by atoms with van der Waals surface area (Å²) in [5.74, 6) is -2.98. The minimum atomic E-state index is -2.98. The smallest absolute Gasteiger partial charge is 0.407 e. The minimum Gasteiger partial charge on any atom is -0.465 e. The van der Waals surface area contributed by atoms with Crippen molar-refractivity contribution in [2.24, 2.45) is 0 Å². The first-order valence-electron chi connectivity index (χ1n) is 4.26. The summed E-state index contributed by atoms with van der Waals surface area (Å²) in [6.07, 6.45) is -1.28. The van der Waals surface area contributed by atoms with Gasteiger partial charge in [0.05, 0.1) is 12.6 Å². The number of hydrazine groups is 1. The van der Waals surface area contributed by atoms with Crippen molar-refractivity contribution in [3.8, 4) is 0 Å². The number of fused-ring (bicyclic) bond motifs is 1. The lowest BCUT2D eigenvalue weighted by atomic mass is 10.1. The fraction of sp³-hybridized carbons (Fsp3) is 0.857. The van der Waals surface area contributed by atoms with E-state index >= 15 is 0 Å². The van der Waals surface area contributed by atoms with E-state index in [-0.39, 0.29) is 0 Å². The number of likely N-dealkylation sites (N-methyl/N-ethyl adjacent to an activating group) is 1. The van der Waals surface area contributed by atoms with Crippen LogP contribution in [0.2, 0.25) is 0 Å². The molecule has 2 atom stereocenters. The fourth-order valence-corrected chi connectivity index (χ4v) is 2.07. The number of hydrogen-bond donors (Lipinski definition) is 2.